The Morgan fingerprint density at radius 2 is 1.97 bits per heavy atom. The van der Waals surface area contributed by atoms with Gasteiger partial charge in [-0.25, -0.2) is 4.98 Å². The Hall–Kier alpha value is -3.14. The van der Waals surface area contributed by atoms with Gasteiger partial charge in [0.05, 0.1) is 19.0 Å². The summed E-state index contributed by atoms with van der Waals surface area (Å²) < 4.78 is 11.1. The fourth-order valence-corrected chi connectivity index (χ4v) is 4.98. The molecule has 2 N–H and O–H groups in total. The van der Waals surface area contributed by atoms with E-state index in [0.29, 0.717) is 12.6 Å². The molecule has 2 aliphatic rings. The first kappa shape index (κ1) is 22.6. The molecule has 6 rings (SSSR count). The van der Waals surface area contributed by atoms with E-state index in [1.807, 2.05) is 16.9 Å². The molecule has 8 nitrogen and oxygen atoms in total. The van der Waals surface area contributed by atoms with Crippen molar-refractivity contribution >= 4 is 28.8 Å². The van der Waals surface area contributed by atoms with Gasteiger partial charge in [0.15, 0.2) is 11.5 Å². The van der Waals surface area contributed by atoms with Gasteiger partial charge in [-0.2, -0.15) is 14.9 Å². The van der Waals surface area contributed by atoms with Crippen LogP contribution in [-0.2, 0) is 4.74 Å². The number of rotatable bonds is 6. The summed E-state index contributed by atoms with van der Waals surface area (Å²) in [6.07, 6.45) is 7.14. The maximum Gasteiger partial charge on any atom is 0.167 e. The zero-order valence-electron chi connectivity index (χ0n) is 19.1. The molecule has 0 spiro atoms. The standard InChI is InChI=1S/C23H25N7OS.C2H4/c1-2-5-20(32-28-16-6-7-16)17(4-1)18-14-22(29-10-3-12-31-13-11-29)26-23-19(18)15-25-30(23)21-8-9-24-27-21;1-2/h1-2,4-5,8-9,14-16,28H,3,6-7,10-13H2,(H,24,27);1-2H2. The van der Waals surface area contributed by atoms with E-state index in [0.717, 1.165) is 54.3 Å². The smallest absolute Gasteiger partial charge is 0.167 e. The number of aromatic nitrogens is 5. The summed E-state index contributed by atoms with van der Waals surface area (Å²) in [5.41, 5.74) is 3.15. The topological polar surface area (TPSA) is 83.9 Å². The zero-order chi connectivity index (χ0) is 23.3. The maximum atomic E-state index is 5.68. The van der Waals surface area contributed by atoms with Gasteiger partial charge in [-0.3, -0.25) is 9.82 Å². The third-order valence-corrected chi connectivity index (χ3v) is 6.91. The summed E-state index contributed by atoms with van der Waals surface area (Å²) >= 11 is 1.72. The first-order valence-electron chi connectivity index (χ1n) is 11.6. The van der Waals surface area contributed by atoms with Gasteiger partial charge in [-0.15, -0.1) is 13.2 Å². The highest BCUT2D eigenvalue weighted by Crippen LogP contribution is 2.38. The molecule has 9 heteroatoms. The van der Waals surface area contributed by atoms with Crippen molar-refractivity contribution < 1.29 is 4.74 Å². The second-order valence-corrected chi connectivity index (χ2v) is 9.09. The fraction of sp³-hybridized carbons (Fsp3) is 0.320. The number of benzene rings is 1. The average Bonchev–Trinajstić information content (AvgIpc) is 3.49. The highest BCUT2D eigenvalue weighted by Gasteiger charge is 2.23. The largest absolute Gasteiger partial charge is 0.380 e. The molecule has 4 aromatic rings. The number of hydrogen-bond acceptors (Lipinski definition) is 7. The molecule has 4 heterocycles. The SMILES string of the molecule is C=C.c1ccc(-c2cc(N3CCCOCC3)nc3c2cnn3-c2ccn[nH]2)c(SNC2CC2)c1. The molecule has 0 bridgehead atoms. The van der Waals surface area contributed by atoms with Crippen molar-refractivity contribution in [2.45, 2.75) is 30.2 Å². The van der Waals surface area contributed by atoms with Gasteiger partial charge in [0.1, 0.15) is 5.82 Å². The van der Waals surface area contributed by atoms with E-state index in [-0.39, 0.29) is 0 Å². The molecule has 34 heavy (non-hydrogen) atoms. The minimum Gasteiger partial charge on any atom is -0.380 e. The summed E-state index contributed by atoms with van der Waals surface area (Å²) in [5.74, 6) is 1.75. The van der Waals surface area contributed by atoms with Crippen LogP contribution in [0.2, 0.25) is 0 Å². The summed E-state index contributed by atoms with van der Waals surface area (Å²) in [6.45, 7) is 9.27. The molecule has 2 fully saturated rings. The quantitative estimate of drug-likeness (QED) is 0.311. The van der Waals surface area contributed by atoms with Gasteiger partial charge in [0.25, 0.3) is 0 Å². The highest BCUT2D eigenvalue weighted by molar-refractivity contribution is 7.97. The number of pyridine rings is 1. The second-order valence-electron chi connectivity index (χ2n) is 8.21. The molecule has 0 unspecified atom stereocenters. The number of hydrogen-bond donors (Lipinski definition) is 2. The number of nitrogens with one attached hydrogen (secondary N) is 2. The molecule has 1 saturated heterocycles. The van der Waals surface area contributed by atoms with Gasteiger partial charge in [0, 0.05) is 42.1 Å². The number of nitrogens with zero attached hydrogens (tertiary/aromatic N) is 5. The normalized spacial score (nSPS) is 16.2. The van der Waals surface area contributed by atoms with Crippen molar-refractivity contribution in [3.8, 4) is 16.9 Å². The van der Waals surface area contributed by atoms with E-state index in [1.54, 1.807) is 18.1 Å². The minimum atomic E-state index is 0.626. The van der Waals surface area contributed by atoms with Crippen molar-refractivity contribution in [2.75, 3.05) is 31.2 Å². The van der Waals surface area contributed by atoms with E-state index in [1.165, 1.54) is 23.3 Å². The van der Waals surface area contributed by atoms with Gasteiger partial charge < -0.3 is 9.64 Å². The van der Waals surface area contributed by atoms with Crippen molar-refractivity contribution in [1.82, 2.24) is 29.7 Å². The summed E-state index contributed by atoms with van der Waals surface area (Å²) in [7, 11) is 0. The number of H-pyrrole nitrogens is 1. The fourth-order valence-electron chi connectivity index (χ4n) is 4.02. The third kappa shape index (κ3) is 4.72. The van der Waals surface area contributed by atoms with Crippen molar-refractivity contribution in [2.24, 2.45) is 0 Å². The van der Waals surface area contributed by atoms with Crippen LogP contribution in [0.1, 0.15) is 19.3 Å². The van der Waals surface area contributed by atoms with Gasteiger partial charge in [-0.05, 0) is 54.5 Å². The van der Waals surface area contributed by atoms with Crippen LogP contribution in [0.25, 0.3) is 28.0 Å². The lowest BCUT2D eigenvalue weighted by molar-refractivity contribution is 0.152. The predicted molar refractivity (Wildman–Crippen MR) is 137 cm³/mol. The molecule has 1 aliphatic carbocycles. The van der Waals surface area contributed by atoms with E-state index in [2.05, 4.69) is 68.4 Å². The predicted octanol–water partition coefficient (Wildman–Crippen LogP) is 4.60. The molecule has 0 amide bonds. The number of ether oxygens (including phenoxy) is 1. The van der Waals surface area contributed by atoms with Gasteiger partial charge in [0.2, 0.25) is 0 Å². The zero-order valence-corrected chi connectivity index (χ0v) is 19.9. The lowest BCUT2D eigenvalue weighted by Gasteiger charge is -2.22. The molecule has 0 atom stereocenters. The van der Waals surface area contributed by atoms with E-state index < -0.39 is 0 Å². The van der Waals surface area contributed by atoms with Crippen LogP contribution in [0.4, 0.5) is 5.82 Å². The van der Waals surface area contributed by atoms with Gasteiger partial charge in [-0.1, -0.05) is 18.2 Å². The second kappa shape index (κ2) is 10.4. The summed E-state index contributed by atoms with van der Waals surface area (Å²) in [4.78, 5) is 8.59. The number of fused-ring (bicyclic) bond motifs is 1. The monoisotopic (exact) mass is 475 g/mol. The van der Waals surface area contributed by atoms with Gasteiger partial charge >= 0.3 is 0 Å². The van der Waals surface area contributed by atoms with E-state index >= 15 is 0 Å². The lowest BCUT2D eigenvalue weighted by Crippen LogP contribution is -2.27. The molecule has 1 aromatic carbocycles. The third-order valence-electron chi connectivity index (χ3n) is 5.88. The molecule has 3 aromatic heterocycles. The van der Waals surface area contributed by atoms with Crippen molar-refractivity contribution in [1.29, 1.82) is 0 Å². The maximum absolute atomic E-state index is 5.68. The molecule has 0 radical (unpaired) electrons. The Labute approximate surface area is 203 Å². The molecule has 1 saturated carbocycles. The van der Waals surface area contributed by atoms with E-state index in [9.17, 15) is 0 Å². The molecule has 1 aliphatic heterocycles. The average molecular weight is 476 g/mol. The van der Waals surface area contributed by atoms with E-state index in [4.69, 9.17) is 9.72 Å². The molecular formula is C25H29N7OS. The Kier molecular flexibility index (Phi) is 6.94. The summed E-state index contributed by atoms with van der Waals surface area (Å²) in [5, 5.41) is 12.8. The molecular weight excluding hydrogens is 446 g/mol. The lowest BCUT2D eigenvalue weighted by atomic mass is 10.0. The number of aromatic amines is 1. The highest BCUT2D eigenvalue weighted by atomic mass is 32.2. The van der Waals surface area contributed by atoms with Crippen LogP contribution in [0, 0.1) is 0 Å². The van der Waals surface area contributed by atoms with Crippen LogP contribution >= 0.6 is 11.9 Å². The minimum absolute atomic E-state index is 0.626. The van der Waals surface area contributed by atoms with Crippen LogP contribution in [0.15, 0.2) is 66.8 Å². The van der Waals surface area contributed by atoms with Crippen LogP contribution in [-0.4, -0.2) is 57.3 Å². The Morgan fingerprint density at radius 3 is 2.79 bits per heavy atom. The molecule has 176 valence electrons. The first-order chi connectivity index (χ1) is 16.9. The van der Waals surface area contributed by atoms with Crippen molar-refractivity contribution in [3.05, 3.63) is 61.9 Å². The number of anilines is 1. The van der Waals surface area contributed by atoms with Crippen LogP contribution in [0.3, 0.4) is 0 Å². The van der Waals surface area contributed by atoms with Crippen molar-refractivity contribution in [3.63, 3.8) is 0 Å². The Bertz CT molecular complexity index is 1230. The van der Waals surface area contributed by atoms with Crippen LogP contribution < -0.4 is 9.62 Å². The first-order valence-corrected chi connectivity index (χ1v) is 12.4. The van der Waals surface area contributed by atoms with Crippen LogP contribution in [0.5, 0.6) is 0 Å². The Balaban J connectivity index is 0.00000117. The Morgan fingerprint density at radius 1 is 1.09 bits per heavy atom. The summed E-state index contributed by atoms with van der Waals surface area (Å²) in [6, 6.07) is 13.3.